The number of likely N-dealkylation sites (tertiary alicyclic amines) is 1. The molecular formula is C24H38N2O4. The third kappa shape index (κ3) is 8.64. The van der Waals surface area contributed by atoms with Crippen LogP contribution in [0.3, 0.4) is 0 Å². The van der Waals surface area contributed by atoms with Crippen LogP contribution in [0, 0.1) is 19.8 Å². The van der Waals surface area contributed by atoms with Crippen LogP contribution in [0.4, 0.5) is 4.79 Å². The number of benzene rings is 1. The molecule has 0 saturated carbocycles. The van der Waals surface area contributed by atoms with Gasteiger partial charge in [-0.05, 0) is 83.4 Å². The number of aryl methyl sites for hydroxylation is 2. The van der Waals surface area contributed by atoms with Crippen LogP contribution in [0.2, 0.25) is 0 Å². The van der Waals surface area contributed by atoms with E-state index in [9.17, 15) is 9.59 Å². The van der Waals surface area contributed by atoms with Gasteiger partial charge in [-0.3, -0.25) is 4.79 Å². The Labute approximate surface area is 181 Å². The van der Waals surface area contributed by atoms with Crippen LogP contribution >= 0.6 is 0 Å². The van der Waals surface area contributed by atoms with Gasteiger partial charge < -0.3 is 19.7 Å². The van der Waals surface area contributed by atoms with Crippen molar-refractivity contribution in [3.8, 4) is 5.75 Å². The van der Waals surface area contributed by atoms with Gasteiger partial charge in [0.25, 0.3) is 0 Å². The van der Waals surface area contributed by atoms with Gasteiger partial charge in [-0.1, -0.05) is 12.1 Å². The monoisotopic (exact) mass is 418 g/mol. The summed E-state index contributed by atoms with van der Waals surface area (Å²) in [5.74, 6) is 1.55. The average Bonchev–Trinajstić information content (AvgIpc) is 2.67. The highest BCUT2D eigenvalue weighted by Gasteiger charge is 2.23. The molecule has 1 fully saturated rings. The molecule has 1 aromatic rings. The van der Waals surface area contributed by atoms with E-state index in [2.05, 4.69) is 30.4 Å². The lowest BCUT2D eigenvalue weighted by Gasteiger charge is -2.32. The number of nitrogens with zero attached hydrogens (tertiary/aromatic N) is 1. The van der Waals surface area contributed by atoms with Crippen molar-refractivity contribution >= 4 is 12.0 Å². The largest absolute Gasteiger partial charge is 0.493 e. The molecule has 0 radical (unpaired) electrons. The highest BCUT2D eigenvalue weighted by Crippen LogP contribution is 2.20. The van der Waals surface area contributed by atoms with Crippen molar-refractivity contribution < 1.29 is 19.1 Å². The predicted octanol–water partition coefficient (Wildman–Crippen LogP) is 4.62. The van der Waals surface area contributed by atoms with E-state index in [1.807, 2.05) is 32.6 Å². The standard InChI is InChI=1S/C24H38N2O4/c1-18-9-10-19(2)21(16-18)29-15-7-6-8-22(27)26-13-11-20(12-14-26)17-25-23(28)30-24(3,4)5/h9-10,16,20H,6-8,11-15,17H2,1-5H3,(H,25,28). The highest BCUT2D eigenvalue weighted by atomic mass is 16.6. The molecule has 0 atom stereocenters. The minimum atomic E-state index is -0.482. The number of alkyl carbamates (subject to hydrolysis) is 1. The van der Waals surface area contributed by atoms with Crippen LogP contribution in [-0.2, 0) is 9.53 Å². The summed E-state index contributed by atoms with van der Waals surface area (Å²) in [5.41, 5.74) is 1.85. The van der Waals surface area contributed by atoms with Crippen molar-refractivity contribution in [2.24, 2.45) is 5.92 Å². The number of carbonyl (C=O) groups excluding carboxylic acids is 2. The maximum Gasteiger partial charge on any atom is 0.407 e. The summed E-state index contributed by atoms with van der Waals surface area (Å²) in [5, 5.41) is 2.84. The van der Waals surface area contributed by atoms with Crippen LogP contribution < -0.4 is 10.1 Å². The maximum absolute atomic E-state index is 12.5. The smallest absolute Gasteiger partial charge is 0.407 e. The predicted molar refractivity (Wildman–Crippen MR) is 119 cm³/mol. The zero-order valence-corrected chi connectivity index (χ0v) is 19.3. The summed E-state index contributed by atoms with van der Waals surface area (Å²) in [4.78, 5) is 26.2. The molecule has 1 heterocycles. The molecule has 0 aliphatic carbocycles. The van der Waals surface area contributed by atoms with Crippen LogP contribution in [0.5, 0.6) is 5.75 Å². The molecule has 0 bridgehead atoms. The number of piperidine rings is 1. The summed E-state index contributed by atoms with van der Waals surface area (Å²) in [7, 11) is 0. The Morgan fingerprint density at radius 2 is 1.83 bits per heavy atom. The highest BCUT2D eigenvalue weighted by molar-refractivity contribution is 5.76. The SMILES string of the molecule is Cc1ccc(C)c(OCCCCC(=O)N2CCC(CNC(=O)OC(C)(C)C)CC2)c1. The lowest BCUT2D eigenvalue weighted by atomic mass is 9.96. The molecule has 2 amide bonds. The molecule has 1 saturated heterocycles. The molecule has 6 heteroatoms. The first-order valence-electron chi connectivity index (χ1n) is 11.1. The van der Waals surface area contributed by atoms with E-state index < -0.39 is 5.60 Å². The second-order valence-electron chi connectivity index (χ2n) is 9.28. The second-order valence-corrected chi connectivity index (χ2v) is 9.28. The first-order valence-corrected chi connectivity index (χ1v) is 11.1. The number of carbonyl (C=O) groups is 2. The Hall–Kier alpha value is -2.24. The summed E-state index contributed by atoms with van der Waals surface area (Å²) < 4.78 is 11.1. The van der Waals surface area contributed by atoms with Crippen LogP contribution in [0.25, 0.3) is 0 Å². The van der Waals surface area contributed by atoms with Gasteiger partial charge >= 0.3 is 6.09 Å². The Kier molecular flexibility index (Phi) is 9.00. The minimum absolute atomic E-state index is 0.222. The number of amides is 2. The summed E-state index contributed by atoms with van der Waals surface area (Å²) in [6.45, 7) is 12.4. The average molecular weight is 419 g/mol. The molecule has 6 nitrogen and oxygen atoms in total. The van der Waals surface area contributed by atoms with E-state index in [0.29, 0.717) is 25.5 Å². The fourth-order valence-electron chi connectivity index (χ4n) is 3.51. The van der Waals surface area contributed by atoms with E-state index in [0.717, 1.165) is 50.1 Å². The maximum atomic E-state index is 12.5. The van der Waals surface area contributed by atoms with Gasteiger partial charge in [-0.15, -0.1) is 0 Å². The Balaban J connectivity index is 1.58. The third-order valence-electron chi connectivity index (χ3n) is 5.29. The lowest BCUT2D eigenvalue weighted by Crippen LogP contribution is -2.42. The zero-order valence-electron chi connectivity index (χ0n) is 19.3. The van der Waals surface area contributed by atoms with Crippen molar-refractivity contribution in [2.75, 3.05) is 26.2 Å². The number of rotatable bonds is 8. The molecular weight excluding hydrogens is 380 g/mol. The van der Waals surface area contributed by atoms with E-state index in [4.69, 9.17) is 9.47 Å². The number of nitrogens with one attached hydrogen (secondary N) is 1. The van der Waals surface area contributed by atoms with Crippen molar-refractivity contribution in [3.63, 3.8) is 0 Å². The normalized spacial score (nSPS) is 15.0. The Bertz CT molecular complexity index is 704. The van der Waals surface area contributed by atoms with Gasteiger partial charge in [-0.25, -0.2) is 4.79 Å². The number of unbranched alkanes of at least 4 members (excludes halogenated alkanes) is 1. The quantitative estimate of drug-likeness (QED) is 0.626. The topological polar surface area (TPSA) is 67.9 Å². The molecule has 1 aliphatic heterocycles. The van der Waals surface area contributed by atoms with Crippen molar-refractivity contribution in [1.82, 2.24) is 10.2 Å². The number of ether oxygens (including phenoxy) is 2. The summed E-state index contributed by atoms with van der Waals surface area (Å²) >= 11 is 0. The molecule has 0 spiro atoms. The zero-order chi connectivity index (χ0) is 22.1. The van der Waals surface area contributed by atoms with Crippen LogP contribution in [0.15, 0.2) is 18.2 Å². The first kappa shape index (κ1) is 24.0. The fraction of sp³-hybridized carbons (Fsp3) is 0.667. The summed E-state index contributed by atoms with van der Waals surface area (Å²) in [6, 6.07) is 6.21. The second kappa shape index (κ2) is 11.2. The van der Waals surface area contributed by atoms with E-state index in [-0.39, 0.29) is 12.0 Å². The van der Waals surface area contributed by atoms with Crippen molar-refractivity contribution in [3.05, 3.63) is 29.3 Å². The van der Waals surface area contributed by atoms with E-state index >= 15 is 0 Å². The molecule has 1 aromatic carbocycles. The van der Waals surface area contributed by atoms with Gasteiger partial charge in [0, 0.05) is 26.1 Å². The van der Waals surface area contributed by atoms with Gasteiger partial charge in [0.1, 0.15) is 11.4 Å². The van der Waals surface area contributed by atoms with Gasteiger partial charge in [0.05, 0.1) is 6.61 Å². The molecule has 1 N–H and O–H groups in total. The minimum Gasteiger partial charge on any atom is -0.493 e. The third-order valence-corrected chi connectivity index (χ3v) is 5.29. The molecule has 168 valence electrons. The van der Waals surface area contributed by atoms with E-state index in [1.165, 1.54) is 5.56 Å². The Morgan fingerprint density at radius 3 is 2.50 bits per heavy atom. The van der Waals surface area contributed by atoms with Crippen LogP contribution in [-0.4, -0.2) is 48.7 Å². The molecule has 1 aliphatic rings. The fourth-order valence-corrected chi connectivity index (χ4v) is 3.51. The van der Waals surface area contributed by atoms with E-state index in [1.54, 1.807) is 0 Å². The number of hydrogen-bond donors (Lipinski definition) is 1. The lowest BCUT2D eigenvalue weighted by molar-refractivity contribution is -0.132. The molecule has 0 aromatic heterocycles. The van der Waals surface area contributed by atoms with Gasteiger partial charge in [0.2, 0.25) is 5.91 Å². The number of hydrogen-bond acceptors (Lipinski definition) is 4. The van der Waals surface area contributed by atoms with Gasteiger partial charge in [0.15, 0.2) is 0 Å². The molecule has 0 unspecified atom stereocenters. The van der Waals surface area contributed by atoms with Gasteiger partial charge in [-0.2, -0.15) is 0 Å². The first-order chi connectivity index (χ1) is 14.1. The molecule has 30 heavy (non-hydrogen) atoms. The van der Waals surface area contributed by atoms with Crippen molar-refractivity contribution in [1.29, 1.82) is 0 Å². The Morgan fingerprint density at radius 1 is 1.13 bits per heavy atom. The van der Waals surface area contributed by atoms with Crippen molar-refractivity contribution in [2.45, 2.75) is 72.3 Å². The molecule has 2 rings (SSSR count). The van der Waals surface area contributed by atoms with Crippen LogP contribution in [0.1, 0.15) is 64.0 Å². The summed E-state index contributed by atoms with van der Waals surface area (Å²) in [6.07, 6.45) is 3.73.